The van der Waals surface area contributed by atoms with Crippen molar-refractivity contribution in [2.45, 2.75) is 42.2 Å². The molecular weight excluding hydrogens is 410 g/mol. The Morgan fingerprint density at radius 2 is 1.96 bits per heavy atom. The highest BCUT2D eigenvalue weighted by Gasteiger charge is 2.43. The van der Waals surface area contributed by atoms with Crippen LogP contribution in [0.4, 0.5) is 5.13 Å². The fraction of sp³-hybridized carbons (Fsp3) is 0.471. The second-order valence-electron chi connectivity index (χ2n) is 7.20. The maximum absolute atomic E-state index is 12.9. The quantitative estimate of drug-likeness (QED) is 0.784. The predicted octanol–water partition coefficient (Wildman–Crippen LogP) is 3.06. The topological polar surface area (TPSA) is 98.3 Å². The number of nitrogens with zero attached hydrogens (tertiary/aromatic N) is 2. The summed E-state index contributed by atoms with van der Waals surface area (Å²) in [5.41, 5.74) is -0.231. The van der Waals surface area contributed by atoms with Crippen molar-refractivity contribution >= 4 is 43.8 Å². The molecule has 1 aliphatic heterocycles. The maximum atomic E-state index is 12.9. The van der Waals surface area contributed by atoms with Gasteiger partial charge in [-0.05, 0) is 44.5 Å². The van der Waals surface area contributed by atoms with Gasteiger partial charge in [0.2, 0.25) is 11.0 Å². The minimum atomic E-state index is -3.93. The second kappa shape index (κ2) is 7.12. The zero-order valence-electron chi connectivity index (χ0n) is 15.2. The van der Waals surface area contributed by atoms with Crippen molar-refractivity contribution in [2.24, 2.45) is 0 Å². The summed E-state index contributed by atoms with van der Waals surface area (Å²) >= 11 is 7.05. The highest BCUT2D eigenvalue weighted by atomic mass is 35.5. The molecule has 7 nitrogen and oxygen atoms in total. The number of rotatable bonds is 5. The molecule has 0 saturated carbocycles. The lowest BCUT2D eigenvalue weighted by Crippen LogP contribution is -2.44. The number of ether oxygens (including phenoxy) is 1. The molecule has 1 saturated heterocycles. The Labute approximate surface area is 167 Å². The molecule has 1 N–H and O–H groups in total. The standard InChI is InChI=1S/C17H20ClN3O4S2/c1-16(2,27(23,24)12-6-4-11(18)5-7-12)13(22)19-15-21-20-14(26-15)17(3)8-9-25-10-17/h4-7H,8-10H2,1-3H3,(H,19,21,22). The highest BCUT2D eigenvalue weighted by molar-refractivity contribution is 7.93. The Kier molecular flexibility index (Phi) is 5.33. The van der Waals surface area contributed by atoms with E-state index in [1.54, 1.807) is 0 Å². The summed E-state index contributed by atoms with van der Waals surface area (Å²) in [6.07, 6.45) is 0.825. The van der Waals surface area contributed by atoms with Gasteiger partial charge in [0.05, 0.1) is 11.5 Å². The molecule has 27 heavy (non-hydrogen) atoms. The van der Waals surface area contributed by atoms with Crippen molar-refractivity contribution in [3.63, 3.8) is 0 Å². The van der Waals surface area contributed by atoms with E-state index in [-0.39, 0.29) is 15.4 Å². The molecule has 1 amide bonds. The minimum Gasteiger partial charge on any atom is -0.380 e. The van der Waals surface area contributed by atoms with Crippen LogP contribution in [0.2, 0.25) is 5.02 Å². The van der Waals surface area contributed by atoms with E-state index in [4.69, 9.17) is 16.3 Å². The first kappa shape index (κ1) is 20.2. The van der Waals surface area contributed by atoms with Gasteiger partial charge in [-0.2, -0.15) is 0 Å². The SMILES string of the molecule is CC1(c2nnc(NC(=O)C(C)(C)S(=O)(=O)c3ccc(Cl)cc3)s2)CCOC1. The van der Waals surface area contributed by atoms with Crippen LogP contribution in [0.5, 0.6) is 0 Å². The van der Waals surface area contributed by atoms with Gasteiger partial charge in [-0.3, -0.25) is 10.1 Å². The molecule has 1 aromatic heterocycles. The van der Waals surface area contributed by atoms with Gasteiger partial charge in [0.1, 0.15) is 9.75 Å². The van der Waals surface area contributed by atoms with Gasteiger partial charge < -0.3 is 4.74 Å². The first-order valence-corrected chi connectivity index (χ1v) is 11.0. The Bertz CT molecular complexity index is 949. The largest absolute Gasteiger partial charge is 0.380 e. The van der Waals surface area contributed by atoms with Crippen LogP contribution in [0.25, 0.3) is 0 Å². The van der Waals surface area contributed by atoms with Gasteiger partial charge in [0.15, 0.2) is 9.84 Å². The molecule has 0 bridgehead atoms. The van der Waals surface area contributed by atoms with Crippen LogP contribution in [0.3, 0.4) is 0 Å². The Balaban J connectivity index is 1.80. The third kappa shape index (κ3) is 3.73. The number of sulfone groups is 1. The van der Waals surface area contributed by atoms with Crippen LogP contribution < -0.4 is 5.32 Å². The average Bonchev–Trinajstić information content (AvgIpc) is 3.25. The number of halogens is 1. The van der Waals surface area contributed by atoms with Gasteiger partial charge >= 0.3 is 0 Å². The number of hydrogen-bond acceptors (Lipinski definition) is 7. The van der Waals surface area contributed by atoms with Crippen LogP contribution in [0.1, 0.15) is 32.2 Å². The van der Waals surface area contributed by atoms with Crippen molar-refractivity contribution in [2.75, 3.05) is 18.5 Å². The number of aromatic nitrogens is 2. The van der Waals surface area contributed by atoms with E-state index >= 15 is 0 Å². The van der Waals surface area contributed by atoms with E-state index in [1.807, 2.05) is 6.92 Å². The van der Waals surface area contributed by atoms with Gasteiger partial charge in [-0.1, -0.05) is 29.9 Å². The van der Waals surface area contributed by atoms with Crippen LogP contribution in [-0.4, -0.2) is 42.5 Å². The smallest absolute Gasteiger partial charge is 0.247 e. The lowest BCUT2D eigenvalue weighted by Gasteiger charge is -2.23. The summed E-state index contributed by atoms with van der Waals surface area (Å²) in [6.45, 7) is 5.96. The van der Waals surface area contributed by atoms with Crippen molar-refractivity contribution in [3.05, 3.63) is 34.3 Å². The minimum absolute atomic E-state index is 0.0284. The summed E-state index contributed by atoms with van der Waals surface area (Å²) in [5, 5.41) is 12.2. The molecule has 2 aromatic rings. The molecular formula is C17H20ClN3O4S2. The monoisotopic (exact) mass is 429 g/mol. The summed E-state index contributed by atoms with van der Waals surface area (Å²) < 4.78 is 29.5. The summed E-state index contributed by atoms with van der Waals surface area (Å²) in [5.74, 6) is -0.673. The van der Waals surface area contributed by atoms with E-state index in [0.29, 0.717) is 18.2 Å². The number of carbonyl (C=O) groups is 1. The van der Waals surface area contributed by atoms with Crippen molar-refractivity contribution in [1.29, 1.82) is 0 Å². The summed E-state index contributed by atoms with van der Waals surface area (Å²) in [4.78, 5) is 12.8. The zero-order chi connectivity index (χ0) is 19.9. The average molecular weight is 430 g/mol. The molecule has 1 fully saturated rings. The summed E-state index contributed by atoms with van der Waals surface area (Å²) in [7, 11) is -3.93. The molecule has 1 unspecified atom stereocenters. The summed E-state index contributed by atoms with van der Waals surface area (Å²) in [6, 6.07) is 5.72. The first-order valence-electron chi connectivity index (χ1n) is 8.30. The molecule has 0 radical (unpaired) electrons. The van der Waals surface area contributed by atoms with Crippen molar-refractivity contribution in [1.82, 2.24) is 10.2 Å². The Morgan fingerprint density at radius 1 is 1.30 bits per heavy atom. The molecule has 1 aliphatic rings. The van der Waals surface area contributed by atoms with E-state index < -0.39 is 20.5 Å². The molecule has 3 rings (SSSR count). The molecule has 10 heteroatoms. The number of carbonyl (C=O) groups excluding carboxylic acids is 1. The normalized spacial score (nSPS) is 20.6. The number of anilines is 1. The van der Waals surface area contributed by atoms with E-state index in [2.05, 4.69) is 15.5 Å². The fourth-order valence-corrected chi connectivity index (χ4v) is 5.03. The lowest BCUT2D eigenvalue weighted by atomic mass is 9.91. The van der Waals surface area contributed by atoms with Crippen LogP contribution in [-0.2, 0) is 24.8 Å². The van der Waals surface area contributed by atoms with Crippen LogP contribution >= 0.6 is 22.9 Å². The van der Waals surface area contributed by atoms with E-state index in [0.717, 1.165) is 11.4 Å². The van der Waals surface area contributed by atoms with E-state index in [1.165, 1.54) is 49.4 Å². The Morgan fingerprint density at radius 3 is 2.56 bits per heavy atom. The van der Waals surface area contributed by atoms with Crippen LogP contribution in [0, 0.1) is 0 Å². The zero-order valence-corrected chi connectivity index (χ0v) is 17.5. The Hall–Kier alpha value is -1.55. The number of benzene rings is 1. The third-order valence-electron chi connectivity index (χ3n) is 4.72. The number of hydrogen-bond donors (Lipinski definition) is 1. The first-order chi connectivity index (χ1) is 12.6. The molecule has 1 atom stereocenters. The van der Waals surface area contributed by atoms with Gasteiger partial charge in [0, 0.05) is 17.0 Å². The molecule has 2 heterocycles. The van der Waals surface area contributed by atoms with Gasteiger partial charge in [-0.25, -0.2) is 8.42 Å². The van der Waals surface area contributed by atoms with Gasteiger partial charge in [-0.15, -0.1) is 10.2 Å². The molecule has 0 spiro atoms. The second-order valence-corrected chi connectivity index (χ2v) is 11.1. The molecule has 146 valence electrons. The number of nitrogens with one attached hydrogen (secondary N) is 1. The lowest BCUT2D eigenvalue weighted by molar-refractivity contribution is -0.117. The fourth-order valence-electron chi connectivity index (χ4n) is 2.63. The van der Waals surface area contributed by atoms with E-state index in [9.17, 15) is 13.2 Å². The molecule has 0 aliphatic carbocycles. The van der Waals surface area contributed by atoms with Crippen molar-refractivity contribution < 1.29 is 17.9 Å². The number of amides is 1. The predicted molar refractivity (Wildman–Crippen MR) is 104 cm³/mol. The van der Waals surface area contributed by atoms with Gasteiger partial charge in [0.25, 0.3) is 0 Å². The maximum Gasteiger partial charge on any atom is 0.247 e. The van der Waals surface area contributed by atoms with Crippen molar-refractivity contribution in [3.8, 4) is 0 Å². The molecule has 1 aromatic carbocycles. The third-order valence-corrected chi connectivity index (χ3v) is 8.54. The van der Waals surface area contributed by atoms with Crippen LogP contribution in [0.15, 0.2) is 29.2 Å². The highest BCUT2D eigenvalue weighted by Crippen LogP contribution is 2.36.